The first-order chi connectivity index (χ1) is 12.6. The van der Waals surface area contributed by atoms with Gasteiger partial charge in [-0.2, -0.15) is 5.10 Å². The monoisotopic (exact) mass is 355 g/mol. The number of rotatable bonds is 7. The number of benzene rings is 2. The normalized spacial score (nSPS) is 10.4. The highest BCUT2D eigenvalue weighted by Gasteiger charge is 2.09. The van der Waals surface area contributed by atoms with Crippen molar-refractivity contribution in [3.8, 4) is 11.5 Å². The molecular weight excluding hydrogens is 334 g/mol. The zero-order chi connectivity index (χ0) is 18.8. The number of carbonyl (C=O) groups excluding carboxylic acids is 2. The summed E-state index contributed by atoms with van der Waals surface area (Å²) in [6.45, 7) is 2.79. The molecule has 136 valence electrons. The van der Waals surface area contributed by atoms with Gasteiger partial charge in [-0.3, -0.25) is 9.59 Å². The second-order valence-electron chi connectivity index (χ2n) is 5.19. The summed E-state index contributed by atoms with van der Waals surface area (Å²) >= 11 is 0. The molecule has 2 N–H and O–H groups in total. The van der Waals surface area contributed by atoms with E-state index in [0.29, 0.717) is 30.3 Å². The Kier molecular flexibility index (Phi) is 7.17. The Morgan fingerprint density at radius 2 is 1.81 bits per heavy atom. The van der Waals surface area contributed by atoms with Gasteiger partial charge >= 0.3 is 11.8 Å². The third-order valence-corrected chi connectivity index (χ3v) is 3.32. The van der Waals surface area contributed by atoms with Gasteiger partial charge in [0.05, 0.1) is 12.8 Å². The lowest BCUT2D eigenvalue weighted by molar-refractivity contribution is -0.138. The zero-order valence-corrected chi connectivity index (χ0v) is 14.7. The van der Waals surface area contributed by atoms with Crippen molar-refractivity contribution in [2.75, 3.05) is 13.7 Å². The van der Waals surface area contributed by atoms with Crippen LogP contribution in [-0.2, 0) is 16.2 Å². The molecule has 26 heavy (non-hydrogen) atoms. The molecule has 2 rings (SSSR count). The largest absolute Gasteiger partial charge is 0.490 e. The summed E-state index contributed by atoms with van der Waals surface area (Å²) in [5.74, 6) is -0.411. The molecule has 0 heterocycles. The quantitative estimate of drug-likeness (QED) is 0.451. The second-order valence-corrected chi connectivity index (χ2v) is 5.19. The highest BCUT2D eigenvalue weighted by Crippen LogP contribution is 2.28. The number of hydrazone groups is 1. The van der Waals surface area contributed by atoms with Gasteiger partial charge in [-0.15, -0.1) is 0 Å². The van der Waals surface area contributed by atoms with Crippen LogP contribution in [0, 0.1) is 0 Å². The molecule has 0 unspecified atom stereocenters. The van der Waals surface area contributed by atoms with Crippen LogP contribution in [0.1, 0.15) is 18.1 Å². The molecule has 0 aliphatic rings. The zero-order valence-electron chi connectivity index (χ0n) is 14.7. The van der Waals surface area contributed by atoms with Gasteiger partial charge in [0.25, 0.3) is 0 Å². The number of ether oxygens (including phenoxy) is 2. The molecule has 0 spiro atoms. The van der Waals surface area contributed by atoms with Crippen molar-refractivity contribution in [2.45, 2.75) is 13.5 Å². The molecule has 0 saturated heterocycles. The molecular formula is C19H21N3O4. The van der Waals surface area contributed by atoms with Gasteiger partial charge < -0.3 is 14.8 Å². The highest BCUT2D eigenvalue weighted by atomic mass is 16.5. The van der Waals surface area contributed by atoms with E-state index in [2.05, 4.69) is 15.8 Å². The Bertz CT molecular complexity index is 776. The summed E-state index contributed by atoms with van der Waals surface area (Å²) in [7, 11) is 1.37. The minimum atomic E-state index is -0.836. The molecule has 0 bridgehead atoms. The average molecular weight is 355 g/mol. The Balaban J connectivity index is 2.05. The minimum absolute atomic E-state index is 0.427. The minimum Gasteiger partial charge on any atom is -0.490 e. The average Bonchev–Trinajstić information content (AvgIpc) is 2.67. The number of carbonyl (C=O) groups is 2. The molecule has 2 aromatic rings. The van der Waals surface area contributed by atoms with E-state index >= 15 is 0 Å². The lowest BCUT2D eigenvalue weighted by Crippen LogP contribution is -2.35. The van der Waals surface area contributed by atoms with Crippen molar-refractivity contribution in [3.63, 3.8) is 0 Å². The number of hydrogen-bond donors (Lipinski definition) is 2. The predicted octanol–water partition coefficient (Wildman–Crippen LogP) is 1.86. The van der Waals surface area contributed by atoms with E-state index in [1.165, 1.54) is 13.3 Å². The van der Waals surface area contributed by atoms with Gasteiger partial charge in [0.1, 0.15) is 6.61 Å². The van der Waals surface area contributed by atoms with E-state index in [9.17, 15) is 9.59 Å². The lowest BCUT2D eigenvalue weighted by Gasteiger charge is -2.12. The van der Waals surface area contributed by atoms with Crippen molar-refractivity contribution in [1.82, 2.24) is 10.7 Å². The van der Waals surface area contributed by atoms with Crippen molar-refractivity contribution in [1.29, 1.82) is 0 Å². The van der Waals surface area contributed by atoms with Crippen LogP contribution in [0.3, 0.4) is 0 Å². The van der Waals surface area contributed by atoms with Gasteiger partial charge in [0, 0.05) is 7.05 Å². The van der Waals surface area contributed by atoms with E-state index in [1.54, 1.807) is 18.2 Å². The Hall–Kier alpha value is -3.35. The van der Waals surface area contributed by atoms with Gasteiger partial charge in [-0.1, -0.05) is 30.3 Å². The van der Waals surface area contributed by atoms with Crippen LogP contribution in [0.2, 0.25) is 0 Å². The van der Waals surface area contributed by atoms with Crippen LogP contribution in [-0.4, -0.2) is 31.7 Å². The third-order valence-electron chi connectivity index (χ3n) is 3.32. The van der Waals surface area contributed by atoms with E-state index in [0.717, 1.165) is 5.56 Å². The molecule has 2 amide bonds. The fourth-order valence-electron chi connectivity index (χ4n) is 2.06. The standard InChI is InChI=1S/C19H21N3O4/c1-3-25-17-11-15(12-21-22-19(24)18(23)20-2)9-10-16(17)26-13-14-7-5-4-6-8-14/h4-12H,3,13H2,1-2H3,(H,20,23)(H,22,24)/b21-12-. The maximum absolute atomic E-state index is 11.3. The van der Waals surface area contributed by atoms with Crippen molar-refractivity contribution in [2.24, 2.45) is 5.10 Å². The van der Waals surface area contributed by atoms with Crippen LogP contribution in [0.4, 0.5) is 0 Å². The SMILES string of the molecule is CCOc1cc(/C=N\NC(=O)C(=O)NC)ccc1OCc1ccccc1. The van der Waals surface area contributed by atoms with E-state index < -0.39 is 11.8 Å². The number of amides is 2. The molecule has 0 radical (unpaired) electrons. The molecule has 2 aromatic carbocycles. The van der Waals surface area contributed by atoms with Gasteiger partial charge in [0.2, 0.25) is 0 Å². The Labute approximate surface area is 152 Å². The first kappa shape index (κ1) is 19.0. The first-order valence-electron chi connectivity index (χ1n) is 8.12. The highest BCUT2D eigenvalue weighted by molar-refractivity contribution is 6.34. The van der Waals surface area contributed by atoms with Gasteiger partial charge in [-0.05, 0) is 36.2 Å². The van der Waals surface area contributed by atoms with Crippen molar-refractivity contribution in [3.05, 3.63) is 59.7 Å². The predicted molar refractivity (Wildman–Crippen MR) is 98.2 cm³/mol. The first-order valence-corrected chi connectivity index (χ1v) is 8.12. The van der Waals surface area contributed by atoms with Crippen LogP contribution in [0.5, 0.6) is 11.5 Å². The van der Waals surface area contributed by atoms with Crippen LogP contribution < -0.4 is 20.2 Å². The maximum Gasteiger partial charge on any atom is 0.329 e. The van der Waals surface area contributed by atoms with E-state index in [-0.39, 0.29) is 0 Å². The lowest BCUT2D eigenvalue weighted by atomic mass is 10.2. The second kappa shape index (κ2) is 9.83. The molecule has 0 aliphatic heterocycles. The van der Waals surface area contributed by atoms with Crippen LogP contribution in [0.15, 0.2) is 53.6 Å². The third kappa shape index (κ3) is 5.62. The molecule has 0 atom stereocenters. The smallest absolute Gasteiger partial charge is 0.329 e. The van der Waals surface area contributed by atoms with E-state index in [4.69, 9.17) is 9.47 Å². The van der Waals surface area contributed by atoms with Crippen LogP contribution in [0.25, 0.3) is 0 Å². The number of likely N-dealkylation sites (N-methyl/N-ethyl adjacent to an activating group) is 1. The Morgan fingerprint density at radius 1 is 1.04 bits per heavy atom. The molecule has 0 saturated carbocycles. The molecule has 0 aliphatic carbocycles. The summed E-state index contributed by atoms with van der Waals surface area (Å²) < 4.78 is 11.4. The van der Waals surface area contributed by atoms with E-state index in [1.807, 2.05) is 37.3 Å². The number of nitrogens with zero attached hydrogens (tertiary/aromatic N) is 1. The Morgan fingerprint density at radius 3 is 2.50 bits per heavy atom. The summed E-state index contributed by atoms with van der Waals surface area (Å²) in [5.41, 5.74) is 3.89. The maximum atomic E-state index is 11.3. The van der Waals surface area contributed by atoms with Gasteiger partial charge in [0.15, 0.2) is 11.5 Å². The van der Waals surface area contributed by atoms with Crippen LogP contribution >= 0.6 is 0 Å². The summed E-state index contributed by atoms with van der Waals surface area (Å²) in [4.78, 5) is 22.4. The molecule has 0 aromatic heterocycles. The van der Waals surface area contributed by atoms with Gasteiger partial charge in [-0.25, -0.2) is 5.43 Å². The topological polar surface area (TPSA) is 89.0 Å². The summed E-state index contributed by atoms with van der Waals surface area (Å²) in [6, 6.07) is 15.1. The molecule has 0 fully saturated rings. The summed E-state index contributed by atoms with van der Waals surface area (Å²) in [5, 5.41) is 5.97. The van der Waals surface area contributed by atoms with Crippen molar-refractivity contribution < 1.29 is 19.1 Å². The molecule has 7 nitrogen and oxygen atoms in total. The summed E-state index contributed by atoms with van der Waals surface area (Å²) in [6.07, 6.45) is 1.42. The fourth-order valence-corrected chi connectivity index (χ4v) is 2.06. The molecule has 7 heteroatoms. The van der Waals surface area contributed by atoms with Crippen molar-refractivity contribution >= 4 is 18.0 Å². The number of nitrogens with one attached hydrogen (secondary N) is 2. The fraction of sp³-hybridized carbons (Fsp3) is 0.211. The number of hydrogen-bond acceptors (Lipinski definition) is 5.